The number of nitrogens with one attached hydrogen (secondary N) is 3. The molecule has 2 aromatic rings. The number of nitriles is 1. The van der Waals surface area contributed by atoms with Gasteiger partial charge < -0.3 is 30.9 Å². The molecule has 2 aliphatic heterocycles. The number of hydrogen-bond acceptors (Lipinski definition) is 8. The van der Waals surface area contributed by atoms with Crippen molar-refractivity contribution in [2.75, 3.05) is 49.1 Å². The Balaban J connectivity index is 1.25. The Hall–Kier alpha value is -4.61. The Bertz CT molecular complexity index is 1410. The van der Waals surface area contributed by atoms with Crippen LogP contribution >= 0.6 is 0 Å². The summed E-state index contributed by atoms with van der Waals surface area (Å²) >= 11 is 0. The molecule has 0 saturated carbocycles. The number of carboxylic acid groups (broad SMARTS) is 1. The standard InChI is InChI=1S/C32H41F3N8O4/c33-32(34,35)30-40-26(42-17-11-22(12-18-42)4-3-5-28(44)37-14-1-2-15-39-31(46)47)20-27(41-30)43-19-13-25(43)29(45)38-16-10-23-6-8-24(21-36)9-7-23/h6-9,20,22,25,39H,1-5,10-19H2,(H,37,44)(H,38,45)(H,46,47). The van der Waals surface area contributed by atoms with E-state index in [1.165, 1.54) is 6.07 Å². The molecule has 1 atom stereocenters. The Morgan fingerprint density at radius 1 is 0.915 bits per heavy atom. The minimum atomic E-state index is -4.75. The molecule has 47 heavy (non-hydrogen) atoms. The van der Waals surface area contributed by atoms with Crippen LogP contribution in [-0.2, 0) is 22.2 Å². The van der Waals surface area contributed by atoms with Gasteiger partial charge in [-0.15, -0.1) is 0 Å². The molecule has 4 N–H and O–H groups in total. The van der Waals surface area contributed by atoms with Gasteiger partial charge in [0, 0.05) is 51.8 Å². The quantitative estimate of drug-likeness (QED) is 0.208. The summed E-state index contributed by atoms with van der Waals surface area (Å²) in [5.74, 6) is -0.953. The number of rotatable bonds is 15. The Morgan fingerprint density at radius 2 is 1.60 bits per heavy atom. The van der Waals surface area contributed by atoms with Crippen molar-refractivity contribution in [3.05, 3.63) is 47.3 Å². The maximum atomic E-state index is 13.8. The largest absolute Gasteiger partial charge is 0.465 e. The SMILES string of the molecule is N#Cc1ccc(CCNC(=O)C2CCN2c2cc(N3CCC(CCCC(=O)NCCCCNC(=O)O)CC3)nc(C(F)(F)F)n2)cc1. The summed E-state index contributed by atoms with van der Waals surface area (Å²) in [7, 11) is 0. The summed E-state index contributed by atoms with van der Waals surface area (Å²) in [6.45, 7) is 2.63. The number of carbonyl (C=O) groups excluding carboxylic acids is 2. The molecule has 254 valence electrons. The van der Waals surface area contributed by atoms with Crippen molar-refractivity contribution in [1.82, 2.24) is 25.9 Å². The van der Waals surface area contributed by atoms with Crippen LogP contribution in [0.2, 0.25) is 0 Å². The summed E-state index contributed by atoms with van der Waals surface area (Å²) in [4.78, 5) is 46.6. The van der Waals surface area contributed by atoms with Crippen molar-refractivity contribution in [2.24, 2.45) is 5.92 Å². The van der Waals surface area contributed by atoms with E-state index in [0.29, 0.717) is 89.3 Å². The summed E-state index contributed by atoms with van der Waals surface area (Å²) in [5.41, 5.74) is 1.50. The maximum Gasteiger partial charge on any atom is 0.451 e. The van der Waals surface area contributed by atoms with E-state index in [1.807, 2.05) is 17.0 Å². The number of benzene rings is 1. The lowest BCUT2D eigenvalue weighted by Gasteiger charge is -2.41. The molecule has 4 rings (SSSR count). The van der Waals surface area contributed by atoms with E-state index < -0.39 is 24.1 Å². The molecule has 2 aliphatic rings. The number of alkyl halides is 3. The topological polar surface area (TPSA) is 164 Å². The molecule has 0 bridgehead atoms. The van der Waals surface area contributed by atoms with Crippen LogP contribution in [0, 0.1) is 17.2 Å². The lowest BCUT2D eigenvalue weighted by atomic mass is 9.91. The number of anilines is 2. The first-order valence-electron chi connectivity index (χ1n) is 16.0. The first-order valence-corrected chi connectivity index (χ1v) is 16.0. The van der Waals surface area contributed by atoms with Crippen molar-refractivity contribution in [1.29, 1.82) is 5.26 Å². The van der Waals surface area contributed by atoms with Crippen molar-refractivity contribution >= 4 is 29.5 Å². The van der Waals surface area contributed by atoms with Gasteiger partial charge in [-0.2, -0.15) is 18.4 Å². The van der Waals surface area contributed by atoms with E-state index >= 15 is 0 Å². The minimum Gasteiger partial charge on any atom is -0.465 e. The van der Waals surface area contributed by atoms with Crippen molar-refractivity contribution in [3.63, 3.8) is 0 Å². The highest BCUT2D eigenvalue weighted by atomic mass is 19.4. The zero-order valence-electron chi connectivity index (χ0n) is 26.2. The Kier molecular flexibility index (Phi) is 12.6. The average molecular weight is 659 g/mol. The minimum absolute atomic E-state index is 0.0499. The van der Waals surface area contributed by atoms with Crippen LogP contribution < -0.4 is 25.8 Å². The second kappa shape index (κ2) is 16.8. The van der Waals surface area contributed by atoms with Crippen LogP contribution in [-0.4, -0.2) is 78.3 Å². The van der Waals surface area contributed by atoms with Crippen LogP contribution in [0.15, 0.2) is 30.3 Å². The van der Waals surface area contributed by atoms with Gasteiger partial charge in [-0.3, -0.25) is 9.59 Å². The van der Waals surface area contributed by atoms with E-state index in [1.54, 1.807) is 17.0 Å². The van der Waals surface area contributed by atoms with Crippen molar-refractivity contribution in [3.8, 4) is 6.07 Å². The van der Waals surface area contributed by atoms with E-state index in [0.717, 1.165) is 24.8 Å². The molecular weight excluding hydrogens is 617 g/mol. The molecule has 2 fully saturated rings. The maximum absolute atomic E-state index is 13.8. The number of nitrogens with zero attached hydrogens (tertiary/aromatic N) is 5. The number of amides is 3. The molecular formula is C32H41F3N8O4. The molecule has 1 aromatic heterocycles. The molecule has 0 radical (unpaired) electrons. The van der Waals surface area contributed by atoms with Crippen LogP contribution in [0.3, 0.4) is 0 Å². The predicted octanol–water partition coefficient (Wildman–Crippen LogP) is 3.86. The highest BCUT2D eigenvalue weighted by molar-refractivity contribution is 5.86. The molecule has 0 aliphatic carbocycles. The molecule has 3 heterocycles. The van der Waals surface area contributed by atoms with Gasteiger partial charge in [0.05, 0.1) is 11.6 Å². The van der Waals surface area contributed by atoms with Crippen molar-refractivity contribution in [2.45, 2.75) is 70.0 Å². The first-order chi connectivity index (χ1) is 22.5. The number of piperidine rings is 1. The Labute approximate surface area is 271 Å². The van der Waals surface area contributed by atoms with Gasteiger partial charge in [0.25, 0.3) is 0 Å². The van der Waals surface area contributed by atoms with Gasteiger partial charge >= 0.3 is 12.3 Å². The molecule has 12 nitrogen and oxygen atoms in total. The third-order valence-corrected chi connectivity index (χ3v) is 8.52. The summed E-state index contributed by atoms with van der Waals surface area (Å²) < 4.78 is 41.5. The van der Waals surface area contributed by atoms with E-state index in [4.69, 9.17) is 10.4 Å². The number of hydrogen-bond donors (Lipinski definition) is 4. The second-order valence-corrected chi connectivity index (χ2v) is 11.9. The van der Waals surface area contributed by atoms with Crippen LogP contribution in [0.4, 0.5) is 29.6 Å². The second-order valence-electron chi connectivity index (χ2n) is 11.9. The van der Waals surface area contributed by atoms with Gasteiger partial charge in [0.1, 0.15) is 17.7 Å². The average Bonchev–Trinajstić information content (AvgIpc) is 3.02. The van der Waals surface area contributed by atoms with E-state index in [-0.39, 0.29) is 23.5 Å². The highest BCUT2D eigenvalue weighted by Crippen LogP contribution is 2.34. The van der Waals surface area contributed by atoms with Gasteiger partial charge in [0.15, 0.2) is 0 Å². The molecule has 1 aromatic carbocycles. The zero-order chi connectivity index (χ0) is 33.8. The summed E-state index contributed by atoms with van der Waals surface area (Å²) in [6.07, 6.45) is -0.00205. The lowest BCUT2D eigenvalue weighted by molar-refractivity contribution is -0.144. The van der Waals surface area contributed by atoms with Gasteiger partial charge in [0.2, 0.25) is 17.6 Å². The third kappa shape index (κ3) is 10.7. The van der Waals surface area contributed by atoms with Crippen LogP contribution in [0.5, 0.6) is 0 Å². The van der Waals surface area contributed by atoms with Gasteiger partial charge in [-0.05, 0) is 75.0 Å². The molecule has 15 heteroatoms. The fourth-order valence-corrected chi connectivity index (χ4v) is 5.75. The summed E-state index contributed by atoms with van der Waals surface area (Å²) in [5, 5.41) is 25.5. The number of carbonyl (C=O) groups is 3. The van der Waals surface area contributed by atoms with Gasteiger partial charge in [-0.25, -0.2) is 14.8 Å². The van der Waals surface area contributed by atoms with Gasteiger partial charge in [-0.1, -0.05) is 12.1 Å². The predicted molar refractivity (Wildman–Crippen MR) is 168 cm³/mol. The lowest BCUT2D eigenvalue weighted by Crippen LogP contribution is -2.57. The normalized spacial score (nSPS) is 16.6. The first kappa shape index (κ1) is 35.2. The molecule has 2 saturated heterocycles. The number of aromatic nitrogens is 2. The van der Waals surface area contributed by atoms with E-state index in [9.17, 15) is 27.6 Å². The Morgan fingerprint density at radius 3 is 2.21 bits per heavy atom. The molecule has 1 unspecified atom stereocenters. The van der Waals surface area contributed by atoms with Crippen LogP contribution in [0.1, 0.15) is 68.3 Å². The molecule has 3 amide bonds. The van der Waals surface area contributed by atoms with Crippen LogP contribution in [0.25, 0.3) is 0 Å². The number of halogens is 3. The molecule has 0 spiro atoms. The third-order valence-electron chi connectivity index (χ3n) is 8.52. The van der Waals surface area contributed by atoms with E-state index in [2.05, 4.69) is 32.0 Å². The highest BCUT2D eigenvalue weighted by Gasteiger charge is 2.40. The monoisotopic (exact) mass is 658 g/mol. The van der Waals surface area contributed by atoms with Crippen molar-refractivity contribution < 1.29 is 32.7 Å². The fraction of sp³-hybridized carbons (Fsp3) is 0.562. The fourth-order valence-electron chi connectivity index (χ4n) is 5.75. The number of unbranched alkanes of at least 4 members (excludes halogenated alkanes) is 1. The zero-order valence-corrected chi connectivity index (χ0v) is 26.2. The summed E-state index contributed by atoms with van der Waals surface area (Å²) in [6, 6.07) is 10.0. The smallest absolute Gasteiger partial charge is 0.451 e.